The molecule has 4 heteroatoms. The van der Waals surface area contributed by atoms with Crippen molar-refractivity contribution in [1.29, 1.82) is 0 Å². The first kappa shape index (κ1) is 15.8. The smallest absolute Gasteiger partial charge is 0.128 e. The van der Waals surface area contributed by atoms with Crippen LogP contribution < -0.4 is 9.47 Å². The maximum atomic E-state index is 10.6. The van der Waals surface area contributed by atoms with E-state index in [1.807, 2.05) is 25.1 Å². The first-order chi connectivity index (χ1) is 9.19. The molecule has 0 radical (unpaired) electrons. The van der Waals surface area contributed by atoms with Gasteiger partial charge in [0, 0.05) is 6.61 Å². The second kappa shape index (κ2) is 8.02. The molecule has 0 heterocycles. The molecule has 0 aromatic heterocycles. The maximum Gasteiger partial charge on any atom is 0.128 e. The molecule has 0 saturated carbocycles. The van der Waals surface area contributed by atoms with Gasteiger partial charge in [-0.15, -0.1) is 0 Å². The third kappa shape index (κ3) is 3.85. The van der Waals surface area contributed by atoms with Gasteiger partial charge >= 0.3 is 0 Å². The average Bonchev–Trinajstić information content (AvgIpc) is 2.45. The first-order valence-corrected chi connectivity index (χ1v) is 6.70. The molecule has 0 fully saturated rings. The van der Waals surface area contributed by atoms with Gasteiger partial charge in [0.1, 0.15) is 17.6 Å². The van der Waals surface area contributed by atoms with Crippen LogP contribution in [0.3, 0.4) is 0 Å². The highest BCUT2D eigenvalue weighted by Crippen LogP contribution is 2.37. The van der Waals surface area contributed by atoms with E-state index in [9.17, 15) is 5.11 Å². The number of benzene rings is 1. The molecule has 2 atom stereocenters. The second-order valence-electron chi connectivity index (χ2n) is 4.30. The summed E-state index contributed by atoms with van der Waals surface area (Å²) >= 11 is 0. The number of aliphatic hydroxyl groups is 1. The average molecular weight is 268 g/mol. The van der Waals surface area contributed by atoms with Crippen LogP contribution in [-0.4, -0.2) is 32.0 Å². The lowest BCUT2D eigenvalue weighted by molar-refractivity contribution is -0.0400. The van der Waals surface area contributed by atoms with E-state index in [0.717, 1.165) is 12.8 Å². The fourth-order valence-corrected chi connectivity index (χ4v) is 2.19. The molecule has 0 aliphatic heterocycles. The van der Waals surface area contributed by atoms with Gasteiger partial charge in [0.25, 0.3) is 0 Å². The quantitative estimate of drug-likeness (QED) is 0.787. The van der Waals surface area contributed by atoms with Crippen molar-refractivity contribution in [2.45, 2.75) is 38.9 Å². The molecule has 0 aliphatic rings. The molecule has 1 aromatic rings. The minimum atomic E-state index is -0.758. The SMILES string of the molecule is CCCC(OCC)C(O)c1c(OC)cccc1OC. The van der Waals surface area contributed by atoms with Crippen LogP contribution in [0.1, 0.15) is 38.4 Å². The van der Waals surface area contributed by atoms with Gasteiger partial charge in [-0.25, -0.2) is 0 Å². The summed E-state index contributed by atoms with van der Waals surface area (Å²) < 4.78 is 16.3. The van der Waals surface area contributed by atoms with Crippen molar-refractivity contribution in [2.24, 2.45) is 0 Å². The number of ether oxygens (including phenoxy) is 3. The van der Waals surface area contributed by atoms with E-state index in [2.05, 4.69) is 6.92 Å². The highest BCUT2D eigenvalue weighted by Gasteiger charge is 2.26. The summed E-state index contributed by atoms with van der Waals surface area (Å²) in [6.45, 7) is 4.56. The Kier molecular flexibility index (Phi) is 6.67. The van der Waals surface area contributed by atoms with Crippen LogP contribution in [-0.2, 0) is 4.74 Å². The van der Waals surface area contributed by atoms with Crippen LogP contribution in [0, 0.1) is 0 Å². The fraction of sp³-hybridized carbons (Fsp3) is 0.600. The number of methoxy groups -OCH3 is 2. The molecule has 1 rings (SSSR count). The maximum absolute atomic E-state index is 10.6. The van der Waals surface area contributed by atoms with Crippen molar-refractivity contribution < 1.29 is 19.3 Å². The standard InChI is InChI=1S/C15H24O4/c1-5-8-13(19-6-2)15(16)14-11(17-3)9-7-10-12(14)18-4/h7,9-10,13,15-16H,5-6,8H2,1-4H3. The van der Waals surface area contributed by atoms with Gasteiger partial charge in [-0.05, 0) is 25.5 Å². The van der Waals surface area contributed by atoms with E-state index in [4.69, 9.17) is 14.2 Å². The topological polar surface area (TPSA) is 47.9 Å². The van der Waals surface area contributed by atoms with Crippen LogP contribution in [0.15, 0.2) is 18.2 Å². The Morgan fingerprint density at radius 3 is 2.11 bits per heavy atom. The molecule has 0 spiro atoms. The van der Waals surface area contributed by atoms with Crippen molar-refractivity contribution >= 4 is 0 Å². The van der Waals surface area contributed by atoms with Gasteiger partial charge in [0.05, 0.1) is 25.9 Å². The molecule has 0 saturated heterocycles. The second-order valence-corrected chi connectivity index (χ2v) is 4.30. The van der Waals surface area contributed by atoms with Gasteiger partial charge in [-0.3, -0.25) is 0 Å². The van der Waals surface area contributed by atoms with Crippen molar-refractivity contribution in [3.05, 3.63) is 23.8 Å². The van der Waals surface area contributed by atoms with Gasteiger partial charge in [0.15, 0.2) is 0 Å². The fourth-order valence-electron chi connectivity index (χ4n) is 2.19. The van der Waals surface area contributed by atoms with Gasteiger partial charge < -0.3 is 19.3 Å². The summed E-state index contributed by atoms with van der Waals surface area (Å²) in [5.41, 5.74) is 0.652. The van der Waals surface area contributed by atoms with E-state index < -0.39 is 6.10 Å². The lowest BCUT2D eigenvalue weighted by Gasteiger charge is -2.25. The Hall–Kier alpha value is -1.26. The highest BCUT2D eigenvalue weighted by molar-refractivity contribution is 5.46. The predicted molar refractivity (Wildman–Crippen MR) is 74.8 cm³/mol. The number of hydrogen-bond acceptors (Lipinski definition) is 4. The molecule has 0 bridgehead atoms. The minimum Gasteiger partial charge on any atom is -0.496 e. The van der Waals surface area contributed by atoms with Crippen molar-refractivity contribution in [2.75, 3.05) is 20.8 Å². The zero-order chi connectivity index (χ0) is 14.3. The van der Waals surface area contributed by atoms with E-state index >= 15 is 0 Å². The third-order valence-electron chi connectivity index (χ3n) is 3.07. The zero-order valence-electron chi connectivity index (χ0n) is 12.2. The summed E-state index contributed by atoms with van der Waals surface area (Å²) in [5.74, 6) is 1.24. The van der Waals surface area contributed by atoms with E-state index in [0.29, 0.717) is 23.7 Å². The Balaban J connectivity index is 3.10. The van der Waals surface area contributed by atoms with Crippen molar-refractivity contribution in [3.63, 3.8) is 0 Å². The van der Waals surface area contributed by atoms with Gasteiger partial charge in [0.2, 0.25) is 0 Å². The molecule has 2 unspecified atom stereocenters. The van der Waals surface area contributed by atoms with Crippen LogP contribution in [0.25, 0.3) is 0 Å². The Morgan fingerprint density at radius 1 is 1.11 bits per heavy atom. The monoisotopic (exact) mass is 268 g/mol. The van der Waals surface area contributed by atoms with Crippen molar-refractivity contribution in [1.82, 2.24) is 0 Å². The lowest BCUT2D eigenvalue weighted by Crippen LogP contribution is -2.23. The molecule has 108 valence electrons. The summed E-state index contributed by atoms with van der Waals surface area (Å²) in [6.07, 6.45) is 0.723. The van der Waals surface area contributed by atoms with Gasteiger partial charge in [-0.2, -0.15) is 0 Å². The molecule has 0 amide bonds. The summed E-state index contributed by atoms with van der Waals surface area (Å²) in [6, 6.07) is 5.47. The number of aliphatic hydroxyl groups excluding tert-OH is 1. The van der Waals surface area contributed by atoms with E-state index in [1.54, 1.807) is 14.2 Å². The lowest BCUT2D eigenvalue weighted by atomic mass is 9.99. The summed E-state index contributed by atoms with van der Waals surface area (Å²) in [7, 11) is 3.17. The van der Waals surface area contributed by atoms with Crippen LogP contribution in [0.2, 0.25) is 0 Å². The van der Waals surface area contributed by atoms with Crippen LogP contribution in [0.5, 0.6) is 11.5 Å². The molecule has 4 nitrogen and oxygen atoms in total. The Morgan fingerprint density at radius 2 is 1.68 bits per heavy atom. The predicted octanol–water partition coefficient (Wildman–Crippen LogP) is 2.94. The number of hydrogen-bond donors (Lipinski definition) is 1. The normalized spacial score (nSPS) is 13.9. The molecule has 0 aliphatic carbocycles. The van der Waals surface area contributed by atoms with E-state index in [1.165, 1.54) is 0 Å². The minimum absolute atomic E-state index is 0.250. The van der Waals surface area contributed by atoms with E-state index in [-0.39, 0.29) is 6.10 Å². The molecular formula is C15H24O4. The van der Waals surface area contributed by atoms with Crippen LogP contribution in [0.4, 0.5) is 0 Å². The first-order valence-electron chi connectivity index (χ1n) is 6.70. The highest BCUT2D eigenvalue weighted by atomic mass is 16.5. The zero-order valence-corrected chi connectivity index (χ0v) is 12.2. The molecular weight excluding hydrogens is 244 g/mol. The third-order valence-corrected chi connectivity index (χ3v) is 3.07. The van der Waals surface area contributed by atoms with Crippen molar-refractivity contribution in [3.8, 4) is 11.5 Å². The molecule has 19 heavy (non-hydrogen) atoms. The van der Waals surface area contributed by atoms with Gasteiger partial charge in [-0.1, -0.05) is 19.4 Å². The molecule has 1 N–H and O–H groups in total. The summed E-state index contributed by atoms with van der Waals surface area (Å²) in [4.78, 5) is 0. The van der Waals surface area contributed by atoms with Crippen LogP contribution >= 0.6 is 0 Å². The Bertz CT molecular complexity index is 350. The largest absolute Gasteiger partial charge is 0.496 e. The number of rotatable bonds is 8. The summed E-state index contributed by atoms with van der Waals surface area (Å²) in [5, 5.41) is 10.6. The Labute approximate surface area is 115 Å². The molecule has 1 aromatic carbocycles.